The molecule has 3 atom stereocenters. The molecule has 4 rings (SSSR count). The first-order valence-corrected chi connectivity index (χ1v) is 12.7. The predicted octanol–water partition coefficient (Wildman–Crippen LogP) is 4.10. The van der Waals surface area contributed by atoms with E-state index < -0.39 is 41.8 Å². The van der Waals surface area contributed by atoms with Crippen LogP contribution < -0.4 is 16.4 Å². The highest BCUT2D eigenvalue weighted by atomic mass is 19.1. The van der Waals surface area contributed by atoms with Gasteiger partial charge in [-0.25, -0.2) is 14.0 Å². The molecule has 2 fully saturated rings. The number of hydrogen-bond donors (Lipinski definition) is 3. The predicted molar refractivity (Wildman–Crippen MR) is 136 cm³/mol. The second kappa shape index (κ2) is 11.7. The van der Waals surface area contributed by atoms with Crippen molar-refractivity contribution < 1.29 is 28.2 Å². The number of methoxy groups -OCH3 is 1. The van der Waals surface area contributed by atoms with Gasteiger partial charge in [-0.2, -0.15) is 0 Å². The first kappa shape index (κ1) is 26.6. The van der Waals surface area contributed by atoms with Crippen LogP contribution in [0.4, 0.5) is 14.9 Å². The van der Waals surface area contributed by atoms with Gasteiger partial charge in [0.1, 0.15) is 18.5 Å². The number of esters is 1. The number of benzene rings is 2. The minimum Gasteiger partial charge on any atom is -0.467 e. The van der Waals surface area contributed by atoms with E-state index >= 15 is 4.39 Å². The van der Waals surface area contributed by atoms with Crippen molar-refractivity contribution in [2.24, 2.45) is 23.5 Å². The lowest BCUT2D eigenvalue weighted by atomic mass is 9.89. The molecule has 0 bridgehead atoms. The Morgan fingerprint density at radius 2 is 1.70 bits per heavy atom. The fourth-order valence-corrected chi connectivity index (χ4v) is 4.84. The fraction of sp³-hybridized carbons (Fsp3) is 0.464. The first-order valence-electron chi connectivity index (χ1n) is 12.7. The molecule has 0 radical (unpaired) electrons. The number of hydrogen-bond acceptors (Lipinski definition) is 6. The van der Waals surface area contributed by atoms with E-state index in [-0.39, 0.29) is 18.2 Å². The number of nitrogens with two attached hydrogens (primary N) is 1. The highest BCUT2D eigenvalue weighted by molar-refractivity contribution is 5.95. The third kappa shape index (κ3) is 6.85. The van der Waals surface area contributed by atoms with E-state index in [1.54, 1.807) is 13.0 Å². The summed E-state index contributed by atoms with van der Waals surface area (Å²) in [5, 5.41) is 5.15. The van der Waals surface area contributed by atoms with Crippen molar-refractivity contribution in [2.45, 2.75) is 57.2 Å². The van der Waals surface area contributed by atoms with Crippen LogP contribution in [0.15, 0.2) is 48.5 Å². The molecule has 0 saturated heterocycles. The minimum absolute atomic E-state index is 0.0200. The van der Waals surface area contributed by atoms with Crippen molar-refractivity contribution in [3.05, 3.63) is 65.5 Å². The number of anilines is 1. The smallest absolute Gasteiger partial charge is 0.408 e. The molecule has 8 nitrogen and oxygen atoms in total. The average molecular weight is 512 g/mol. The molecule has 2 saturated carbocycles. The van der Waals surface area contributed by atoms with Crippen LogP contribution in [0.2, 0.25) is 0 Å². The van der Waals surface area contributed by atoms with Crippen molar-refractivity contribution in [2.75, 3.05) is 12.4 Å². The second-order valence-electron chi connectivity index (χ2n) is 10.0. The number of ether oxygens (including phenoxy) is 2. The molecule has 0 aliphatic heterocycles. The Balaban J connectivity index is 1.39. The largest absolute Gasteiger partial charge is 0.467 e. The van der Waals surface area contributed by atoms with Crippen molar-refractivity contribution >= 4 is 23.7 Å². The summed E-state index contributed by atoms with van der Waals surface area (Å²) >= 11 is 0. The van der Waals surface area contributed by atoms with Gasteiger partial charge in [0.25, 0.3) is 0 Å². The SMILES string of the molecule is COC(=O)[C@H](NC(=O)OCc1ccccc1)[C@@H](C)c1ccc(NC(=O)[C@@H](N)C(C2CC2)C2CC2)c(F)c1. The Labute approximate surface area is 216 Å². The van der Waals surface area contributed by atoms with Gasteiger partial charge >= 0.3 is 12.1 Å². The summed E-state index contributed by atoms with van der Waals surface area (Å²) < 4.78 is 25.1. The first-order chi connectivity index (χ1) is 17.8. The molecule has 9 heteroatoms. The van der Waals surface area contributed by atoms with E-state index in [2.05, 4.69) is 10.6 Å². The topological polar surface area (TPSA) is 120 Å². The van der Waals surface area contributed by atoms with E-state index in [0.717, 1.165) is 31.2 Å². The summed E-state index contributed by atoms with van der Waals surface area (Å²) in [4.78, 5) is 37.6. The van der Waals surface area contributed by atoms with E-state index in [1.165, 1.54) is 19.2 Å². The van der Waals surface area contributed by atoms with Crippen LogP contribution in [0, 0.1) is 23.6 Å². The summed E-state index contributed by atoms with van der Waals surface area (Å²) in [5.41, 5.74) is 7.53. The van der Waals surface area contributed by atoms with Crippen molar-refractivity contribution in [3.8, 4) is 0 Å². The molecular weight excluding hydrogens is 477 g/mol. The lowest BCUT2D eigenvalue weighted by molar-refractivity contribution is -0.143. The summed E-state index contributed by atoms with van der Waals surface area (Å²) in [6.45, 7) is 1.69. The zero-order valence-electron chi connectivity index (χ0n) is 21.1. The zero-order chi connectivity index (χ0) is 26.5. The molecule has 0 spiro atoms. The molecule has 2 aromatic carbocycles. The monoisotopic (exact) mass is 511 g/mol. The van der Waals surface area contributed by atoms with Gasteiger partial charge < -0.3 is 25.8 Å². The second-order valence-corrected chi connectivity index (χ2v) is 10.0. The van der Waals surface area contributed by atoms with Crippen LogP contribution in [0.5, 0.6) is 0 Å². The maximum Gasteiger partial charge on any atom is 0.408 e. The summed E-state index contributed by atoms with van der Waals surface area (Å²) in [6, 6.07) is 11.6. The number of rotatable bonds is 11. The average Bonchev–Trinajstić information content (AvgIpc) is 3.83. The molecule has 4 N–H and O–H groups in total. The molecule has 0 unspecified atom stereocenters. The van der Waals surface area contributed by atoms with E-state index in [4.69, 9.17) is 15.2 Å². The number of amides is 2. The molecule has 0 aromatic heterocycles. The zero-order valence-corrected chi connectivity index (χ0v) is 21.1. The van der Waals surface area contributed by atoms with Crippen LogP contribution in [-0.4, -0.2) is 37.2 Å². The van der Waals surface area contributed by atoms with Crippen molar-refractivity contribution in [1.82, 2.24) is 5.32 Å². The summed E-state index contributed by atoms with van der Waals surface area (Å²) in [7, 11) is 1.21. The van der Waals surface area contributed by atoms with Crippen LogP contribution in [-0.2, 0) is 25.7 Å². The summed E-state index contributed by atoms with van der Waals surface area (Å²) in [5.74, 6) is -1.26. The van der Waals surface area contributed by atoms with Crippen LogP contribution in [0.25, 0.3) is 0 Å². The number of alkyl carbamates (subject to hydrolysis) is 1. The van der Waals surface area contributed by atoms with Gasteiger partial charge in [-0.3, -0.25) is 4.79 Å². The van der Waals surface area contributed by atoms with Crippen LogP contribution in [0.1, 0.15) is 49.7 Å². The molecule has 198 valence electrons. The Morgan fingerprint density at radius 3 is 2.27 bits per heavy atom. The van der Waals surface area contributed by atoms with Gasteiger partial charge in [0, 0.05) is 5.92 Å². The van der Waals surface area contributed by atoms with Crippen LogP contribution >= 0.6 is 0 Å². The van der Waals surface area contributed by atoms with Gasteiger partial charge in [0.15, 0.2) is 0 Å². The highest BCUT2D eigenvalue weighted by Gasteiger charge is 2.46. The number of carbonyl (C=O) groups excluding carboxylic acids is 3. The quantitative estimate of drug-likeness (QED) is 0.391. The minimum atomic E-state index is -1.11. The normalized spacial score (nSPS) is 17.4. The number of nitrogens with one attached hydrogen (secondary N) is 2. The number of carbonyl (C=O) groups is 3. The lowest BCUT2D eigenvalue weighted by Crippen LogP contribution is -2.45. The van der Waals surface area contributed by atoms with Gasteiger partial charge in [0.2, 0.25) is 5.91 Å². The standard InChI is InChI=1S/C28H34FN3O5/c1-16(25(27(34)36-2)32-28(35)37-15-17-6-4-3-5-7-17)20-12-13-22(21(29)14-20)31-26(33)24(30)23(18-8-9-18)19-10-11-19/h3-7,12-14,16,18-19,23-25H,8-11,15,30H2,1-2H3,(H,31,33)(H,32,35)/t16-,24-,25+/m0/s1. The molecule has 2 aromatic rings. The summed E-state index contributed by atoms with van der Waals surface area (Å²) in [6.07, 6.45) is 3.58. The van der Waals surface area contributed by atoms with Gasteiger partial charge in [-0.05, 0) is 66.7 Å². The maximum atomic E-state index is 15.0. The van der Waals surface area contributed by atoms with Crippen molar-refractivity contribution in [3.63, 3.8) is 0 Å². The van der Waals surface area contributed by atoms with Crippen molar-refractivity contribution in [1.29, 1.82) is 0 Å². The van der Waals surface area contributed by atoms with Gasteiger partial charge in [-0.1, -0.05) is 43.3 Å². The molecule has 0 heterocycles. The highest BCUT2D eigenvalue weighted by Crippen LogP contribution is 2.50. The third-order valence-corrected chi connectivity index (χ3v) is 7.27. The Hall–Kier alpha value is -3.46. The third-order valence-electron chi connectivity index (χ3n) is 7.27. The Kier molecular flexibility index (Phi) is 8.43. The molecular formula is C28H34FN3O5. The Bertz CT molecular complexity index is 1110. The van der Waals surface area contributed by atoms with Gasteiger partial charge in [-0.15, -0.1) is 0 Å². The number of halogens is 1. The lowest BCUT2D eigenvalue weighted by Gasteiger charge is -2.24. The van der Waals surface area contributed by atoms with E-state index in [0.29, 0.717) is 17.4 Å². The molecule has 2 amide bonds. The Morgan fingerprint density at radius 1 is 1.05 bits per heavy atom. The van der Waals surface area contributed by atoms with Crippen LogP contribution in [0.3, 0.4) is 0 Å². The molecule has 2 aliphatic carbocycles. The van der Waals surface area contributed by atoms with E-state index in [9.17, 15) is 14.4 Å². The molecule has 2 aliphatic rings. The van der Waals surface area contributed by atoms with E-state index in [1.807, 2.05) is 30.3 Å². The molecule has 37 heavy (non-hydrogen) atoms. The van der Waals surface area contributed by atoms with Gasteiger partial charge in [0.05, 0.1) is 18.8 Å². The fourth-order valence-electron chi connectivity index (χ4n) is 4.84. The maximum absolute atomic E-state index is 15.0.